The summed E-state index contributed by atoms with van der Waals surface area (Å²) >= 11 is 3.78. The first-order valence-corrected chi connectivity index (χ1v) is 7.70. The zero-order chi connectivity index (χ0) is 12.1. The van der Waals surface area contributed by atoms with Gasteiger partial charge in [0.25, 0.3) is 5.91 Å². The quantitative estimate of drug-likeness (QED) is 0.915. The Labute approximate surface area is 109 Å². The van der Waals surface area contributed by atoms with Gasteiger partial charge in [0.05, 0.1) is 5.56 Å². The zero-order valence-corrected chi connectivity index (χ0v) is 11.0. The average Bonchev–Trinajstić information content (AvgIpc) is 2.38. The molecule has 1 heterocycles. The molecule has 92 valence electrons. The molecule has 0 radical (unpaired) electrons. The maximum Gasteiger partial charge on any atom is 0.254 e. The number of thioether (sulfide) groups is 2. The lowest BCUT2D eigenvalue weighted by Crippen LogP contribution is -2.33. The highest BCUT2D eigenvalue weighted by atomic mass is 32.2. The summed E-state index contributed by atoms with van der Waals surface area (Å²) in [4.78, 5) is 11.7. The van der Waals surface area contributed by atoms with Gasteiger partial charge in [-0.15, -0.1) is 0 Å². The predicted octanol–water partition coefficient (Wildman–Crippen LogP) is 2.40. The summed E-state index contributed by atoms with van der Waals surface area (Å²) in [6, 6.07) is 6.07. The topological polar surface area (TPSA) is 29.1 Å². The highest BCUT2D eigenvalue weighted by Crippen LogP contribution is 2.23. The summed E-state index contributed by atoms with van der Waals surface area (Å²) in [5, 5.41) is 3.24. The van der Waals surface area contributed by atoms with Crippen molar-refractivity contribution < 1.29 is 9.18 Å². The molecule has 0 saturated carbocycles. The number of hydrogen-bond acceptors (Lipinski definition) is 3. The fourth-order valence-electron chi connectivity index (χ4n) is 1.60. The summed E-state index contributed by atoms with van der Waals surface area (Å²) in [6.07, 6.45) is 0. The van der Waals surface area contributed by atoms with Crippen LogP contribution in [0.25, 0.3) is 0 Å². The van der Waals surface area contributed by atoms with Crippen molar-refractivity contribution >= 4 is 29.4 Å². The molecule has 2 nitrogen and oxygen atoms in total. The lowest BCUT2D eigenvalue weighted by atomic mass is 10.2. The van der Waals surface area contributed by atoms with Crippen molar-refractivity contribution in [2.75, 3.05) is 23.8 Å². The van der Waals surface area contributed by atoms with Crippen LogP contribution in [0.1, 0.15) is 10.4 Å². The second kappa shape index (κ2) is 6.31. The lowest BCUT2D eigenvalue weighted by Gasteiger charge is -2.21. The first kappa shape index (κ1) is 12.8. The SMILES string of the molecule is O=C(NCC1CSCCS1)c1ccccc1F. The summed E-state index contributed by atoms with van der Waals surface area (Å²) < 4.78 is 13.3. The van der Waals surface area contributed by atoms with Crippen LogP contribution in [0, 0.1) is 5.82 Å². The van der Waals surface area contributed by atoms with Crippen LogP contribution in [0.15, 0.2) is 24.3 Å². The standard InChI is InChI=1S/C12H14FNOS2/c13-11-4-2-1-3-10(11)12(15)14-7-9-8-16-5-6-17-9/h1-4,9H,5-8H2,(H,14,15). The van der Waals surface area contributed by atoms with Crippen molar-refractivity contribution in [2.24, 2.45) is 0 Å². The molecule has 1 N–H and O–H groups in total. The van der Waals surface area contributed by atoms with E-state index in [0.717, 1.165) is 11.5 Å². The van der Waals surface area contributed by atoms with E-state index in [1.54, 1.807) is 12.1 Å². The number of rotatable bonds is 3. The van der Waals surface area contributed by atoms with Crippen LogP contribution in [-0.2, 0) is 0 Å². The van der Waals surface area contributed by atoms with Crippen molar-refractivity contribution in [2.45, 2.75) is 5.25 Å². The molecule has 1 aliphatic heterocycles. The highest BCUT2D eigenvalue weighted by Gasteiger charge is 2.16. The van der Waals surface area contributed by atoms with Crippen molar-refractivity contribution in [1.82, 2.24) is 5.32 Å². The Morgan fingerprint density at radius 1 is 1.41 bits per heavy atom. The monoisotopic (exact) mass is 271 g/mol. The molecule has 5 heteroatoms. The van der Waals surface area contributed by atoms with E-state index in [1.807, 2.05) is 23.5 Å². The van der Waals surface area contributed by atoms with Gasteiger partial charge in [-0.05, 0) is 12.1 Å². The third-order valence-corrected chi connectivity index (χ3v) is 5.34. The van der Waals surface area contributed by atoms with Gasteiger partial charge in [-0.1, -0.05) is 12.1 Å². The molecule has 1 atom stereocenters. The largest absolute Gasteiger partial charge is 0.351 e. The van der Waals surface area contributed by atoms with E-state index >= 15 is 0 Å². The Kier molecular flexibility index (Phi) is 4.74. The second-order valence-electron chi connectivity index (χ2n) is 3.76. The summed E-state index contributed by atoms with van der Waals surface area (Å²) in [5.41, 5.74) is 0.126. The van der Waals surface area contributed by atoms with Crippen LogP contribution in [0.4, 0.5) is 4.39 Å². The highest BCUT2D eigenvalue weighted by molar-refractivity contribution is 8.06. The zero-order valence-electron chi connectivity index (χ0n) is 9.32. The predicted molar refractivity (Wildman–Crippen MR) is 72.3 cm³/mol. The van der Waals surface area contributed by atoms with Crippen LogP contribution < -0.4 is 5.32 Å². The fourth-order valence-corrected chi connectivity index (χ4v) is 4.21. The Balaban J connectivity index is 1.87. The molecular formula is C12H14FNOS2. The van der Waals surface area contributed by atoms with E-state index < -0.39 is 5.82 Å². The van der Waals surface area contributed by atoms with Crippen LogP contribution in [0.3, 0.4) is 0 Å². The maximum atomic E-state index is 13.3. The number of hydrogen-bond donors (Lipinski definition) is 1. The van der Waals surface area contributed by atoms with Gasteiger partial charge in [0.1, 0.15) is 5.82 Å². The third kappa shape index (κ3) is 3.64. The van der Waals surface area contributed by atoms with Gasteiger partial charge in [-0.3, -0.25) is 4.79 Å². The van der Waals surface area contributed by atoms with Gasteiger partial charge >= 0.3 is 0 Å². The first-order valence-electron chi connectivity index (χ1n) is 5.49. The Morgan fingerprint density at radius 3 is 2.94 bits per heavy atom. The number of amides is 1. The normalized spacial score (nSPS) is 19.9. The van der Waals surface area contributed by atoms with Gasteiger partial charge in [0, 0.05) is 29.1 Å². The molecule has 1 aromatic carbocycles. The van der Waals surface area contributed by atoms with E-state index in [0.29, 0.717) is 11.8 Å². The van der Waals surface area contributed by atoms with E-state index in [4.69, 9.17) is 0 Å². The minimum Gasteiger partial charge on any atom is -0.351 e. The Bertz CT molecular complexity index is 394. The molecule has 1 fully saturated rings. The summed E-state index contributed by atoms with van der Waals surface area (Å²) in [5.74, 6) is 2.59. The number of halogens is 1. The van der Waals surface area contributed by atoms with Crippen LogP contribution in [0.5, 0.6) is 0 Å². The average molecular weight is 271 g/mol. The Hall–Kier alpha value is -0.680. The van der Waals surface area contributed by atoms with Crippen molar-refractivity contribution in [1.29, 1.82) is 0 Å². The molecule has 1 saturated heterocycles. The Morgan fingerprint density at radius 2 is 2.24 bits per heavy atom. The van der Waals surface area contributed by atoms with Gasteiger partial charge in [-0.2, -0.15) is 23.5 Å². The van der Waals surface area contributed by atoms with Gasteiger partial charge in [0.15, 0.2) is 0 Å². The number of carbonyl (C=O) groups is 1. The first-order chi connectivity index (χ1) is 8.27. The second-order valence-corrected chi connectivity index (χ2v) is 6.32. The molecule has 1 aromatic rings. The molecule has 0 aromatic heterocycles. The van der Waals surface area contributed by atoms with Crippen LogP contribution >= 0.6 is 23.5 Å². The number of nitrogens with one attached hydrogen (secondary N) is 1. The van der Waals surface area contributed by atoms with E-state index in [2.05, 4.69) is 5.32 Å². The summed E-state index contributed by atoms with van der Waals surface area (Å²) in [6.45, 7) is 0.616. The third-order valence-electron chi connectivity index (χ3n) is 2.49. The molecule has 1 aliphatic rings. The van der Waals surface area contributed by atoms with Crippen molar-refractivity contribution in [3.8, 4) is 0 Å². The lowest BCUT2D eigenvalue weighted by molar-refractivity contribution is 0.0950. The molecule has 2 rings (SSSR count). The minimum atomic E-state index is -0.462. The van der Waals surface area contributed by atoms with Crippen molar-refractivity contribution in [3.63, 3.8) is 0 Å². The van der Waals surface area contributed by atoms with Gasteiger partial charge in [-0.25, -0.2) is 4.39 Å². The van der Waals surface area contributed by atoms with Crippen LogP contribution in [-0.4, -0.2) is 35.0 Å². The molecular weight excluding hydrogens is 257 g/mol. The van der Waals surface area contributed by atoms with E-state index in [9.17, 15) is 9.18 Å². The molecule has 0 aliphatic carbocycles. The molecule has 0 bridgehead atoms. The molecule has 1 unspecified atom stereocenters. The van der Waals surface area contributed by atoms with Gasteiger partial charge in [0.2, 0.25) is 0 Å². The molecule has 0 spiro atoms. The number of carbonyl (C=O) groups excluding carboxylic acids is 1. The fraction of sp³-hybridized carbons (Fsp3) is 0.417. The van der Waals surface area contributed by atoms with Gasteiger partial charge < -0.3 is 5.32 Å². The summed E-state index contributed by atoms with van der Waals surface area (Å²) in [7, 11) is 0. The molecule has 1 amide bonds. The van der Waals surface area contributed by atoms with E-state index in [1.165, 1.54) is 17.9 Å². The maximum absolute atomic E-state index is 13.3. The minimum absolute atomic E-state index is 0.126. The van der Waals surface area contributed by atoms with E-state index in [-0.39, 0.29) is 11.5 Å². The smallest absolute Gasteiger partial charge is 0.254 e. The van der Waals surface area contributed by atoms with Crippen molar-refractivity contribution in [3.05, 3.63) is 35.6 Å². The molecule has 17 heavy (non-hydrogen) atoms. The van der Waals surface area contributed by atoms with Crippen LogP contribution in [0.2, 0.25) is 0 Å². The number of benzene rings is 1.